The molecule has 92 valence electrons. The van der Waals surface area contributed by atoms with E-state index in [1.807, 2.05) is 0 Å². The van der Waals surface area contributed by atoms with Gasteiger partial charge in [0.25, 0.3) is 0 Å². The Morgan fingerprint density at radius 1 is 1.50 bits per heavy atom. The summed E-state index contributed by atoms with van der Waals surface area (Å²) < 4.78 is 11.1. The lowest BCUT2D eigenvalue weighted by molar-refractivity contribution is 0.0255. The van der Waals surface area contributed by atoms with Crippen LogP contribution in [0.2, 0.25) is 18.1 Å². The number of hydrogen-bond acceptors (Lipinski definition) is 3. The highest BCUT2D eigenvalue weighted by Crippen LogP contribution is 2.29. The third kappa shape index (κ3) is 3.49. The molecule has 0 amide bonds. The Morgan fingerprint density at radius 3 is 2.75 bits per heavy atom. The van der Waals surface area contributed by atoms with E-state index in [1.54, 1.807) is 0 Å². The minimum Gasteiger partial charge on any atom is -0.378 e. The molecule has 0 aliphatic carbocycles. The molecule has 0 aromatic carbocycles. The monoisotopic (exact) mass is 243 g/mol. The van der Waals surface area contributed by atoms with E-state index in [2.05, 4.69) is 37.0 Å². The predicted molar refractivity (Wildman–Crippen MR) is 66.4 cm³/mol. The summed E-state index contributed by atoms with van der Waals surface area (Å²) in [4.78, 5) is 2.82. The summed E-state index contributed by atoms with van der Waals surface area (Å²) in [7, 11) is -0.746. The highest BCUT2D eigenvalue weighted by atomic mass is 28.3. The van der Waals surface area contributed by atoms with Gasteiger partial charge in [0, 0.05) is 20.3 Å². The van der Waals surface area contributed by atoms with Gasteiger partial charge in [0.15, 0.2) is 0 Å². The molecule has 0 saturated carbocycles. The Labute approximate surface area is 98.4 Å². The van der Waals surface area contributed by atoms with Crippen molar-refractivity contribution in [1.82, 2.24) is 0 Å². The summed E-state index contributed by atoms with van der Waals surface area (Å²) in [6, 6.07) is -0.158. The van der Waals surface area contributed by atoms with Gasteiger partial charge >= 0.3 is 0 Å². The number of hydrogen-bond donors (Lipinski definition) is 0. The van der Waals surface area contributed by atoms with Gasteiger partial charge in [-0.15, -0.1) is 0 Å². The molecule has 0 radical (unpaired) electrons. The smallest absolute Gasteiger partial charge is 0.0915 e. The summed E-state index contributed by atoms with van der Waals surface area (Å²) in [5, 5.41) is 3.96. The van der Waals surface area contributed by atoms with E-state index in [-0.39, 0.29) is 17.2 Å². The molecule has 1 heterocycles. The van der Waals surface area contributed by atoms with Crippen LogP contribution in [0.1, 0.15) is 13.8 Å². The lowest BCUT2D eigenvalue weighted by atomic mass is 10.2. The van der Waals surface area contributed by atoms with Crippen LogP contribution in [0.4, 0.5) is 0 Å². The maximum Gasteiger partial charge on any atom is 0.0915 e. The van der Waals surface area contributed by atoms with Crippen molar-refractivity contribution in [2.75, 3.05) is 19.8 Å². The van der Waals surface area contributed by atoms with Crippen LogP contribution in [-0.4, -0.2) is 40.8 Å². The zero-order valence-corrected chi connectivity index (χ0v) is 11.7. The molecule has 0 N–H and O–H groups in total. The third-order valence-electron chi connectivity index (χ3n) is 3.43. The molecule has 0 aromatic heterocycles. The Morgan fingerprint density at radius 2 is 2.19 bits per heavy atom. The molecule has 1 fully saturated rings. The van der Waals surface area contributed by atoms with Crippen molar-refractivity contribution in [2.24, 2.45) is 5.11 Å². The quantitative estimate of drug-likeness (QED) is 0.322. The standard InChI is InChI=1S/C10H21N3O2Si/c1-10(2,16(3)4)7-15-9-6-14-5-8(9)12-13-11/h8-9,16H,5-7H2,1-4H3/t8-,9+/m1/s1. The summed E-state index contributed by atoms with van der Waals surface area (Å²) in [6.45, 7) is 10.9. The average Bonchev–Trinajstić information content (AvgIpc) is 2.63. The first kappa shape index (κ1) is 13.5. The van der Waals surface area contributed by atoms with Crippen LogP contribution in [-0.2, 0) is 9.47 Å². The lowest BCUT2D eigenvalue weighted by Gasteiger charge is -2.29. The molecule has 1 rings (SSSR count). The van der Waals surface area contributed by atoms with Crippen molar-refractivity contribution >= 4 is 8.80 Å². The molecule has 6 heteroatoms. The van der Waals surface area contributed by atoms with Crippen LogP contribution < -0.4 is 0 Å². The fraction of sp³-hybridized carbons (Fsp3) is 1.00. The first-order valence-corrected chi connectivity index (χ1v) is 8.59. The minimum absolute atomic E-state index is 0.0667. The number of ether oxygens (including phenoxy) is 2. The fourth-order valence-electron chi connectivity index (χ4n) is 1.35. The second-order valence-corrected chi connectivity index (χ2v) is 9.17. The summed E-state index contributed by atoms with van der Waals surface area (Å²) in [6.07, 6.45) is -0.0667. The first-order chi connectivity index (χ1) is 7.47. The topological polar surface area (TPSA) is 67.2 Å². The molecule has 2 atom stereocenters. The number of nitrogens with zero attached hydrogens (tertiary/aromatic N) is 3. The van der Waals surface area contributed by atoms with E-state index in [0.717, 1.165) is 6.61 Å². The van der Waals surface area contributed by atoms with Crippen LogP contribution in [0, 0.1) is 0 Å². The molecule has 5 nitrogen and oxygen atoms in total. The van der Waals surface area contributed by atoms with Crippen LogP contribution in [0.25, 0.3) is 10.4 Å². The van der Waals surface area contributed by atoms with Gasteiger partial charge in [-0.3, -0.25) is 0 Å². The zero-order chi connectivity index (χ0) is 12.2. The van der Waals surface area contributed by atoms with Crippen LogP contribution in [0.5, 0.6) is 0 Å². The number of rotatable bonds is 5. The Hall–Kier alpha value is -0.553. The van der Waals surface area contributed by atoms with Gasteiger partial charge in [-0.05, 0) is 10.6 Å². The molecule has 0 bridgehead atoms. The molecule has 1 aliphatic rings. The van der Waals surface area contributed by atoms with E-state index in [4.69, 9.17) is 15.0 Å². The molecule has 0 aromatic rings. The van der Waals surface area contributed by atoms with E-state index in [1.165, 1.54) is 0 Å². The molecule has 0 spiro atoms. The maximum atomic E-state index is 8.41. The minimum atomic E-state index is -0.746. The van der Waals surface area contributed by atoms with Crippen LogP contribution in [0.3, 0.4) is 0 Å². The summed E-state index contributed by atoms with van der Waals surface area (Å²) in [5.41, 5.74) is 8.41. The van der Waals surface area contributed by atoms with Crippen molar-refractivity contribution in [3.63, 3.8) is 0 Å². The van der Waals surface area contributed by atoms with Crippen molar-refractivity contribution < 1.29 is 9.47 Å². The maximum absolute atomic E-state index is 8.41. The largest absolute Gasteiger partial charge is 0.378 e. The van der Waals surface area contributed by atoms with Crippen LogP contribution in [0.15, 0.2) is 5.11 Å². The molecule has 1 saturated heterocycles. The molecule has 1 aliphatic heterocycles. The lowest BCUT2D eigenvalue weighted by Crippen LogP contribution is -2.32. The second-order valence-electron chi connectivity index (χ2n) is 5.30. The van der Waals surface area contributed by atoms with Crippen molar-refractivity contribution in [1.29, 1.82) is 0 Å². The van der Waals surface area contributed by atoms with Gasteiger partial charge in [-0.25, -0.2) is 0 Å². The number of azide groups is 1. The van der Waals surface area contributed by atoms with Gasteiger partial charge in [0.2, 0.25) is 0 Å². The highest BCUT2D eigenvalue weighted by molar-refractivity contribution is 6.59. The van der Waals surface area contributed by atoms with Crippen molar-refractivity contribution in [3.05, 3.63) is 10.4 Å². The van der Waals surface area contributed by atoms with Gasteiger partial charge in [-0.1, -0.05) is 32.1 Å². The van der Waals surface area contributed by atoms with Crippen LogP contribution >= 0.6 is 0 Å². The normalized spacial score (nSPS) is 25.8. The van der Waals surface area contributed by atoms with E-state index >= 15 is 0 Å². The molecular formula is C10H21N3O2Si. The predicted octanol–water partition coefficient (Wildman–Crippen LogP) is 2.35. The Balaban J connectivity index is 2.45. The van der Waals surface area contributed by atoms with Gasteiger partial charge in [0.1, 0.15) is 0 Å². The zero-order valence-electron chi connectivity index (χ0n) is 10.5. The summed E-state index contributed by atoms with van der Waals surface area (Å²) >= 11 is 0. The van der Waals surface area contributed by atoms with Crippen molar-refractivity contribution in [3.8, 4) is 0 Å². The summed E-state index contributed by atoms with van der Waals surface area (Å²) in [5.74, 6) is 0. The fourth-order valence-corrected chi connectivity index (χ4v) is 1.77. The molecular weight excluding hydrogens is 222 g/mol. The van der Waals surface area contributed by atoms with Gasteiger partial charge < -0.3 is 9.47 Å². The first-order valence-electron chi connectivity index (χ1n) is 5.71. The van der Waals surface area contributed by atoms with E-state index in [9.17, 15) is 0 Å². The van der Waals surface area contributed by atoms with Gasteiger partial charge in [0.05, 0.1) is 25.4 Å². The van der Waals surface area contributed by atoms with E-state index in [0.29, 0.717) is 13.2 Å². The SMILES string of the molecule is C[SiH](C)C(C)(C)CO[C@H]1COC[C@H]1N=[N+]=[N-]. The van der Waals surface area contributed by atoms with Gasteiger partial charge in [-0.2, -0.15) is 0 Å². The molecule has 0 unspecified atom stereocenters. The third-order valence-corrected chi connectivity index (χ3v) is 6.72. The second kappa shape index (κ2) is 5.68. The Bertz CT molecular complexity index is 277. The molecule has 16 heavy (non-hydrogen) atoms. The highest BCUT2D eigenvalue weighted by Gasteiger charge is 2.31. The average molecular weight is 243 g/mol. The van der Waals surface area contributed by atoms with Crippen molar-refractivity contribution in [2.45, 2.75) is 44.1 Å². The Kier molecular flexibility index (Phi) is 4.80. The van der Waals surface area contributed by atoms with E-state index < -0.39 is 8.80 Å².